The van der Waals surface area contributed by atoms with E-state index < -0.39 is 0 Å². The maximum absolute atomic E-state index is 2.39. The first-order valence-corrected chi connectivity index (χ1v) is 11.0. The number of halogens is 1. The van der Waals surface area contributed by atoms with E-state index >= 15 is 0 Å². The summed E-state index contributed by atoms with van der Waals surface area (Å²) in [6, 6.07) is 11.6. The second-order valence-electron chi connectivity index (χ2n) is 8.48. The first-order valence-electron chi connectivity index (χ1n) is 11.0. The van der Waals surface area contributed by atoms with Crippen LogP contribution in [0, 0.1) is 0 Å². The summed E-state index contributed by atoms with van der Waals surface area (Å²) in [5.74, 6) is 0. The Morgan fingerprint density at radius 1 is 0.692 bits per heavy atom. The van der Waals surface area contributed by atoms with Crippen molar-refractivity contribution in [2.75, 3.05) is 20.6 Å². The van der Waals surface area contributed by atoms with E-state index in [4.69, 9.17) is 0 Å². The van der Waals surface area contributed by atoms with Crippen molar-refractivity contribution < 1.29 is 16.9 Å². The molecule has 1 aromatic rings. The number of quaternary nitrogens is 1. The van der Waals surface area contributed by atoms with Crippen LogP contribution in [-0.4, -0.2) is 25.1 Å². The zero-order valence-electron chi connectivity index (χ0n) is 18.0. The Hall–Kier alpha value is -0.530. The zero-order valence-corrected chi connectivity index (χ0v) is 18.7. The van der Waals surface area contributed by atoms with Crippen molar-refractivity contribution in [3.8, 4) is 0 Å². The number of unbranched alkanes of at least 4 members (excludes halogenated alkanes) is 11. The molecule has 0 aliphatic rings. The van der Waals surface area contributed by atoms with Gasteiger partial charge in [0, 0.05) is 5.56 Å². The molecule has 0 aliphatic carbocycles. The number of benzene rings is 1. The molecule has 0 fully saturated rings. The van der Waals surface area contributed by atoms with Crippen LogP contribution in [0.25, 0.3) is 0 Å². The predicted octanol–water partition coefficient (Wildman–Crippen LogP) is 4.53. The van der Waals surface area contributed by atoms with Crippen molar-refractivity contribution >= 4 is 0 Å². The van der Waals surface area contributed by atoms with Crippen LogP contribution >= 0.6 is 0 Å². The van der Waals surface area contributed by atoms with E-state index in [-0.39, 0.29) is 12.4 Å². The molecule has 0 aliphatic heterocycles. The zero-order chi connectivity index (χ0) is 18.4. The molecule has 0 amide bonds. The monoisotopic (exact) mass is 381 g/mol. The molecule has 0 saturated heterocycles. The third kappa shape index (κ3) is 11.2. The second kappa shape index (κ2) is 15.5. The van der Waals surface area contributed by atoms with Crippen molar-refractivity contribution in [3.63, 3.8) is 0 Å². The third-order valence-electron chi connectivity index (χ3n) is 5.92. The average molecular weight is 382 g/mol. The summed E-state index contributed by atoms with van der Waals surface area (Å²) in [6.07, 6.45) is 17.2. The topological polar surface area (TPSA) is 0 Å². The normalized spacial score (nSPS) is 12.6. The quantitative estimate of drug-likeness (QED) is 0.309. The van der Waals surface area contributed by atoms with Crippen molar-refractivity contribution in [1.82, 2.24) is 0 Å². The summed E-state index contributed by atoms with van der Waals surface area (Å²) in [7, 11) is 4.77. The molecule has 0 radical (unpaired) electrons. The van der Waals surface area contributed by atoms with Gasteiger partial charge in [0.1, 0.15) is 6.04 Å². The minimum Gasteiger partial charge on any atom is -1.00 e. The van der Waals surface area contributed by atoms with Gasteiger partial charge in [-0.05, 0) is 19.8 Å². The molecule has 1 atom stereocenters. The smallest absolute Gasteiger partial charge is 0.111 e. The molecule has 152 valence electrons. The molecule has 2 heteroatoms. The van der Waals surface area contributed by atoms with E-state index in [1.807, 2.05) is 0 Å². The average Bonchev–Trinajstić information content (AvgIpc) is 2.62. The van der Waals surface area contributed by atoms with Gasteiger partial charge in [0.15, 0.2) is 0 Å². The summed E-state index contributed by atoms with van der Waals surface area (Å²) in [5, 5.41) is 0. The summed E-state index contributed by atoms with van der Waals surface area (Å²) in [4.78, 5) is 0. The molecule has 0 saturated carbocycles. The first-order chi connectivity index (χ1) is 12.1. The highest BCUT2D eigenvalue weighted by Crippen LogP contribution is 2.25. The molecular formula is C24H44ClN. The number of rotatable bonds is 15. The van der Waals surface area contributed by atoms with Gasteiger partial charge in [0.2, 0.25) is 0 Å². The van der Waals surface area contributed by atoms with Gasteiger partial charge in [-0.2, -0.15) is 0 Å². The lowest BCUT2D eigenvalue weighted by molar-refractivity contribution is -0.919. The van der Waals surface area contributed by atoms with Crippen LogP contribution in [0.4, 0.5) is 0 Å². The van der Waals surface area contributed by atoms with Crippen molar-refractivity contribution in [1.29, 1.82) is 0 Å². The van der Waals surface area contributed by atoms with Crippen molar-refractivity contribution in [3.05, 3.63) is 35.9 Å². The minimum absolute atomic E-state index is 0. The summed E-state index contributed by atoms with van der Waals surface area (Å²) in [6.45, 7) is 5.95. The Kier molecular flexibility index (Phi) is 15.2. The van der Waals surface area contributed by atoms with E-state index in [1.165, 1.54) is 89.2 Å². The van der Waals surface area contributed by atoms with Gasteiger partial charge in [-0.25, -0.2) is 0 Å². The fourth-order valence-corrected chi connectivity index (χ4v) is 3.69. The highest BCUT2D eigenvalue weighted by atomic mass is 35.5. The van der Waals surface area contributed by atoms with E-state index in [1.54, 1.807) is 0 Å². The SMILES string of the molecule is CCCCCCCCCCCCCC[N+](C)(C)[C@@H](C)c1ccccc1.[Cl-]. The van der Waals surface area contributed by atoms with Crippen LogP contribution < -0.4 is 12.4 Å². The molecular weight excluding hydrogens is 338 g/mol. The third-order valence-corrected chi connectivity index (χ3v) is 5.92. The van der Waals surface area contributed by atoms with E-state index in [2.05, 4.69) is 58.3 Å². The van der Waals surface area contributed by atoms with Gasteiger partial charge in [-0.3, -0.25) is 0 Å². The standard InChI is InChI=1S/C24H44N.ClH/c1-5-6-7-8-9-10-11-12-13-14-15-19-22-25(3,4)23(2)24-20-17-16-18-21-24;/h16-18,20-21,23H,5-15,19,22H2,1-4H3;1H/q+1;/p-1/t23-;/m0./s1. The maximum atomic E-state index is 2.39. The highest BCUT2D eigenvalue weighted by molar-refractivity contribution is 5.16. The lowest BCUT2D eigenvalue weighted by Crippen LogP contribution is -3.00. The molecule has 0 heterocycles. The highest BCUT2D eigenvalue weighted by Gasteiger charge is 2.24. The number of nitrogens with zero attached hydrogens (tertiary/aromatic N) is 1. The van der Waals surface area contributed by atoms with Crippen molar-refractivity contribution in [2.24, 2.45) is 0 Å². The summed E-state index contributed by atoms with van der Waals surface area (Å²) in [5.41, 5.74) is 1.46. The Bertz CT molecular complexity index is 415. The maximum Gasteiger partial charge on any atom is 0.111 e. The molecule has 1 nitrogen and oxygen atoms in total. The number of hydrogen-bond acceptors (Lipinski definition) is 0. The van der Waals surface area contributed by atoms with Crippen LogP contribution in [0.1, 0.15) is 103 Å². The molecule has 1 aromatic carbocycles. The van der Waals surface area contributed by atoms with Crippen LogP contribution in [0.5, 0.6) is 0 Å². The van der Waals surface area contributed by atoms with Crippen LogP contribution in [0.2, 0.25) is 0 Å². The molecule has 0 unspecified atom stereocenters. The van der Waals surface area contributed by atoms with Crippen LogP contribution in [0.15, 0.2) is 30.3 Å². The lowest BCUT2D eigenvalue weighted by atomic mass is 10.0. The number of hydrogen-bond donors (Lipinski definition) is 0. The first kappa shape index (κ1) is 25.5. The Morgan fingerprint density at radius 3 is 1.58 bits per heavy atom. The predicted molar refractivity (Wildman–Crippen MR) is 113 cm³/mol. The molecule has 0 N–H and O–H groups in total. The van der Waals surface area contributed by atoms with Gasteiger partial charge in [-0.15, -0.1) is 0 Å². The van der Waals surface area contributed by atoms with Gasteiger partial charge in [0.05, 0.1) is 20.6 Å². The lowest BCUT2D eigenvalue weighted by Gasteiger charge is -2.36. The molecule has 0 bridgehead atoms. The molecule has 26 heavy (non-hydrogen) atoms. The summed E-state index contributed by atoms with van der Waals surface area (Å²) >= 11 is 0. The van der Waals surface area contributed by atoms with Crippen molar-refractivity contribution in [2.45, 2.75) is 96.9 Å². The molecule has 0 spiro atoms. The van der Waals surface area contributed by atoms with Gasteiger partial charge < -0.3 is 16.9 Å². The largest absolute Gasteiger partial charge is 1.00 e. The summed E-state index contributed by atoms with van der Waals surface area (Å²) < 4.78 is 1.10. The minimum atomic E-state index is 0. The van der Waals surface area contributed by atoms with Crippen LogP contribution in [-0.2, 0) is 0 Å². The molecule has 1 rings (SSSR count). The fourth-order valence-electron chi connectivity index (χ4n) is 3.69. The van der Waals surface area contributed by atoms with E-state index in [0.717, 1.165) is 4.48 Å². The van der Waals surface area contributed by atoms with Crippen LogP contribution in [0.3, 0.4) is 0 Å². The van der Waals surface area contributed by atoms with Gasteiger partial charge in [-0.1, -0.05) is 101 Å². The van der Waals surface area contributed by atoms with E-state index in [9.17, 15) is 0 Å². The Balaban J connectivity index is 0.00000625. The van der Waals surface area contributed by atoms with Gasteiger partial charge in [0.25, 0.3) is 0 Å². The van der Waals surface area contributed by atoms with Gasteiger partial charge >= 0.3 is 0 Å². The second-order valence-corrected chi connectivity index (χ2v) is 8.48. The Morgan fingerprint density at radius 2 is 1.12 bits per heavy atom. The molecule has 0 aromatic heterocycles. The fraction of sp³-hybridized carbons (Fsp3) is 0.750. The Labute approximate surface area is 170 Å². The van der Waals surface area contributed by atoms with E-state index in [0.29, 0.717) is 6.04 Å².